The van der Waals surface area contributed by atoms with Crippen LogP contribution in [0.5, 0.6) is 0 Å². The van der Waals surface area contributed by atoms with Gasteiger partial charge in [-0.05, 0) is 12.2 Å². The smallest absolute Gasteiger partial charge is 0.263 e. The van der Waals surface area contributed by atoms with Crippen LogP contribution in [-0.4, -0.2) is 17.7 Å². The number of thioether (sulfide) groups is 1. The van der Waals surface area contributed by atoms with Crippen LogP contribution in [-0.2, 0) is 0 Å². The van der Waals surface area contributed by atoms with Gasteiger partial charge in [-0.25, -0.2) is 0 Å². The average Bonchev–Trinajstić information content (AvgIpc) is 1.97. The molecule has 5 heteroatoms. The number of hydrogen-bond donors (Lipinski definition) is 1. The first-order valence-corrected chi connectivity index (χ1v) is 4.92. The molecular weight excluding hydrogens is 176 g/mol. The summed E-state index contributed by atoms with van der Waals surface area (Å²) in [5.74, 6) is 0.493. The normalized spacial score (nSPS) is 11.8. The van der Waals surface area contributed by atoms with Gasteiger partial charge in [0.2, 0.25) is 0 Å². The summed E-state index contributed by atoms with van der Waals surface area (Å²) in [5.41, 5.74) is 0. The summed E-state index contributed by atoms with van der Waals surface area (Å²) >= 11 is 1.35. The first-order chi connectivity index (χ1) is 5.56. The van der Waals surface area contributed by atoms with Crippen LogP contribution in [0.15, 0.2) is 11.2 Å². The van der Waals surface area contributed by atoms with Gasteiger partial charge in [-0.1, -0.05) is 13.8 Å². The zero-order valence-corrected chi connectivity index (χ0v) is 8.35. The van der Waals surface area contributed by atoms with E-state index in [1.165, 1.54) is 11.8 Å². The largest absolute Gasteiger partial charge is 0.375 e. The maximum atomic E-state index is 10.1. The molecule has 0 aliphatic rings. The lowest BCUT2D eigenvalue weighted by Gasteiger charge is -2.07. The van der Waals surface area contributed by atoms with Gasteiger partial charge in [-0.15, -0.1) is 11.8 Å². The highest BCUT2D eigenvalue weighted by molar-refractivity contribution is 8.02. The Kier molecular flexibility index (Phi) is 5.53. The molecule has 0 radical (unpaired) electrons. The van der Waals surface area contributed by atoms with Crippen molar-refractivity contribution in [3.63, 3.8) is 0 Å². The Morgan fingerprint density at radius 1 is 1.75 bits per heavy atom. The molecule has 0 unspecified atom stereocenters. The molecule has 0 rings (SSSR count). The molecular formula is C7H14N2O2S. The van der Waals surface area contributed by atoms with E-state index >= 15 is 0 Å². The van der Waals surface area contributed by atoms with E-state index in [0.717, 1.165) is 12.7 Å². The van der Waals surface area contributed by atoms with E-state index in [-0.39, 0.29) is 0 Å². The first-order valence-electron chi connectivity index (χ1n) is 3.69. The van der Waals surface area contributed by atoms with Gasteiger partial charge in [-0.3, -0.25) is 10.1 Å². The molecule has 0 saturated heterocycles. The molecule has 70 valence electrons. The van der Waals surface area contributed by atoms with E-state index < -0.39 is 4.92 Å². The van der Waals surface area contributed by atoms with Crippen LogP contribution in [0.2, 0.25) is 0 Å². The predicted molar refractivity (Wildman–Crippen MR) is 51.4 cm³/mol. The van der Waals surface area contributed by atoms with Gasteiger partial charge in [-0.2, -0.15) is 0 Å². The number of nitro groups is 1. The Morgan fingerprint density at radius 3 is 2.67 bits per heavy atom. The molecule has 0 saturated carbocycles. The lowest BCUT2D eigenvalue weighted by Crippen LogP contribution is -2.18. The number of nitrogens with one attached hydrogen (secondary N) is 1. The van der Waals surface area contributed by atoms with Crippen LogP contribution in [0.3, 0.4) is 0 Å². The monoisotopic (exact) mass is 190 g/mol. The predicted octanol–water partition coefficient (Wildman–Crippen LogP) is 1.67. The maximum Gasteiger partial charge on any atom is 0.263 e. The Morgan fingerprint density at radius 2 is 2.33 bits per heavy atom. The molecule has 0 spiro atoms. The van der Waals surface area contributed by atoms with Crippen molar-refractivity contribution in [1.82, 2.24) is 5.32 Å². The van der Waals surface area contributed by atoms with Crippen LogP contribution in [0.4, 0.5) is 0 Å². The highest BCUT2D eigenvalue weighted by Crippen LogP contribution is 2.07. The fourth-order valence-corrected chi connectivity index (χ4v) is 0.990. The summed E-state index contributed by atoms with van der Waals surface area (Å²) < 4.78 is 0. The molecule has 0 heterocycles. The van der Waals surface area contributed by atoms with Crippen molar-refractivity contribution in [2.45, 2.75) is 13.8 Å². The molecule has 4 nitrogen and oxygen atoms in total. The summed E-state index contributed by atoms with van der Waals surface area (Å²) in [6.07, 6.45) is 2.80. The van der Waals surface area contributed by atoms with Gasteiger partial charge in [0.05, 0.1) is 4.92 Å². The number of nitrogens with zero attached hydrogens (tertiary/aromatic N) is 1. The van der Waals surface area contributed by atoms with E-state index in [0.29, 0.717) is 10.9 Å². The molecule has 1 N–H and O–H groups in total. The molecule has 0 atom stereocenters. The van der Waals surface area contributed by atoms with Crippen LogP contribution in [0.25, 0.3) is 0 Å². The Balaban J connectivity index is 3.91. The second-order valence-electron chi connectivity index (χ2n) is 2.76. The van der Waals surface area contributed by atoms with Crippen LogP contribution >= 0.6 is 11.8 Å². The minimum Gasteiger partial charge on any atom is -0.375 e. The molecule has 0 aliphatic carbocycles. The SMILES string of the molecule is CS/C(=C\[N+](=O)[O-])NCC(C)C. The van der Waals surface area contributed by atoms with Crippen molar-refractivity contribution in [3.8, 4) is 0 Å². The molecule has 0 aromatic carbocycles. The Labute approximate surface area is 76.6 Å². The third-order valence-electron chi connectivity index (χ3n) is 1.13. The van der Waals surface area contributed by atoms with Crippen molar-refractivity contribution in [3.05, 3.63) is 21.3 Å². The van der Waals surface area contributed by atoms with E-state index in [1.807, 2.05) is 6.26 Å². The summed E-state index contributed by atoms with van der Waals surface area (Å²) in [6, 6.07) is 0. The lowest BCUT2D eigenvalue weighted by atomic mass is 10.2. The Hall–Kier alpha value is -0.710. The Bertz CT molecular complexity index is 180. The zero-order valence-electron chi connectivity index (χ0n) is 7.53. The van der Waals surface area contributed by atoms with Crippen molar-refractivity contribution < 1.29 is 4.92 Å². The molecule has 0 fully saturated rings. The van der Waals surface area contributed by atoms with E-state index in [2.05, 4.69) is 19.2 Å². The van der Waals surface area contributed by atoms with Crippen LogP contribution < -0.4 is 5.32 Å². The van der Waals surface area contributed by atoms with Gasteiger partial charge in [0, 0.05) is 6.54 Å². The van der Waals surface area contributed by atoms with Crippen molar-refractivity contribution >= 4 is 11.8 Å². The topological polar surface area (TPSA) is 55.2 Å². The highest BCUT2D eigenvalue weighted by atomic mass is 32.2. The average molecular weight is 190 g/mol. The van der Waals surface area contributed by atoms with Crippen molar-refractivity contribution in [1.29, 1.82) is 0 Å². The summed E-state index contributed by atoms with van der Waals surface area (Å²) in [5, 5.41) is 13.7. The fourth-order valence-electron chi connectivity index (χ4n) is 0.571. The standard InChI is InChI=1S/C7H14N2O2S/c1-6(2)4-8-7(12-3)5-9(10)11/h5-6,8H,4H2,1-3H3/b7-5-. The highest BCUT2D eigenvalue weighted by Gasteiger charge is 2.01. The van der Waals surface area contributed by atoms with E-state index in [9.17, 15) is 10.1 Å². The first kappa shape index (κ1) is 11.3. The molecule has 0 aromatic heterocycles. The molecule has 0 bridgehead atoms. The minimum atomic E-state index is -0.445. The second kappa shape index (κ2) is 5.88. The third-order valence-corrected chi connectivity index (χ3v) is 1.82. The molecule has 0 aliphatic heterocycles. The van der Waals surface area contributed by atoms with Crippen molar-refractivity contribution in [2.75, 3.05) is 12.8 Å². The second-order valence-corrected chi connectivity index (χ2v) is 3.61. The maximum absolute atomic E-state index is 10.1. The van der Waals surface area contributed by atoms with Gasteiger partial charge in [0.1, 0.15) is 5.03 Å². The summed E-state index contributed by atoms with van der Waals surface area (Å²) in [4.78, 5) is 9.64. The van der Waals surface area contributed by atoms with Crippen LogP contribution in [0.1, 0.15) is 13.8 Å². The van der Waals surface area contributed by atoms with Gasteiger partial charge in [0.15, 0.2) is 0 Å². The number of rotatable bonds is 5. The quantitative estimate of drug-likeness (QED) is 0.529. The number of hydrogen-bond acceptors (Lipinski definition) is 4. The van der Waals surface area contributed by atoms with E-state index in [1.54, 1.807) is 0 Å². The summed E-state index contributed by atoms with van der Waals surface area (Å²) in [6.45, 7) is 4.87. The van der Waals surface area contributed by atoms with Gasteiger partial charge in [0.25, 0.3) is 6.20 Å². The van der Waals surface area contributed by atoms with Gasteiger partial charge >= 0.3 is 0 Å². The van der Waals surface area contributed by atoms with Gasteiger partial charge < -0.3 is 5.32 Å². The lowest BCUT2D eigenvalue weighted by molar-refractivity contribution is -0.403. The van der Waals surface area contributed by atoms with Crippen molar-refractivity contribution in [2.24, 2.45) is 5.92 Å². The zero-order chi connectivity index (χ0) is 9.56. The third kappa shape index (κ3) is 6.03. The molecule has 12 heavy (non-hydrogen) atoms. The van der Waals surface area contributed by atoms with E-state index in [4.69, 9.17) is 0 Å². The molecule has 0 amide bonds. The minimum absolute atomic E-state index is 0.445. The fraction of sp³-hybridized carbons (Fsp3) is 0.714. The molecule has 0 aromatic rings. The summed E-state index contributed by atoms with van der Waals surface area (Å²) in [7, 11) is 0. The van der Waals surface area contributed by atoms with Crippen LogP contribution in [0, 0.1) is 16.0 Å².